The normalized spacial score (nSPS) is 12.6. The van der Waals surface area contributed by atoms with E-state index < -0.39 is 0 Å². The molecule has 0 fully saturated rings. The van der Waals surface area contributed by atoms with Crippen LogP contribution in [0.25, 0.3) is 0 Å². The van der Waals surface area contributed by atoms with Crippen molar-refractivity contribution in [1.82, 2.24) is 10.6 Å². The number of rotatable bonds is 6. The van der Waals surface area contributed by atoms with Crippen LogP contribution in [0.1, 0.15) is 31.0 Å². The summed E-state index contributed by atoms with van der Waals surface area (Å²) in [7, 11) is 4.09. The largest absolute Gasteiger partial charge is 0.378 e. The first kappa shape index (κ1) is 17.9. The molecule has 0 aromatic heterocycles. The zero-order valence-corrected chi connectivity index (χ0v) is 15.1. The van der Waals surface area contributed by atoms with Crippen molar-refractivity contribution < 1.29 is 0 Å². The van der Waals surface area contributed by atoms with Crippen molar-refractivity contribution in [3.8, 4) is 0 Å². The van der Waals surface area contributed by atoms with Crippen LogP contribution in [-0.2, 0) is 6.54 Å². The Kier molecular flexibility index (Phi) is 6.67. The zero-order valence-electron chi connectivity index (χ0n) is 15.1. The summed E-state index contributed by atoms with van der Waals surface area (Å²) in [4.78, 5) is 6.80. The van der Waals surface area contributed by atoms with E-state index in [9.17, 15) is 0 Å². The highest BCUT2D eigenvalue weighted by atomic mass is 15.2. The first-order valence-electron chi connectivity index (χ1n) is 8.46. The molecule has 1 unspecified atom stereocenters. The van der Waals surface area contributed by atoms with E-state index in [1.807, 2.05) is 20.2 Å². The number of hydrogen-bond acceptors (Lipinski definition) is 2. The molecule has 4 nitrogen and oxygen atoms in total. The van der Waals surface area contributed by atoms with Crippen LogP contribution in [-0.4, -0.2) is 26.6 Å². The van der Waals surface area contributed by atoms with Crippen molar-refractivity contribution in [3.63, 3.8) is 0 Å². The van der Waals surface area contributed by atoms with Gasteiger partial charge in [-0.3, -0.25) is 0 Å². The van der Waals surface area contributed by atoms with Crippen LogP contribution in [0.15, 0.2) is 59.6 Å². The molecule has 0 amide bonds. The van der Waals surface area contributed by atoms with Crippen molar-refractivity contribution in [2.75, 3.05) is 25.5 Å². The molecule has 2 aromatic rings. The van der Waals surface area contributed by atoms with Gasteiger partial charge in [0.1, 0.15) is 0 Å². The van der Waals surface area contributed by atoms with Gasteiger partial charge in [0.05, 0.1) is 12.6 Å². The molecule has 2 aromatic carbocycles. The fourth-order valence-electron chi connectivity index (χ4n) is 2.42. The lowest BCUT2D eigenvalue weighted by Crippen LogP contribution is -2.38. The van der Waals surface area contributed by atoms with Crippen molar-refractivity contribution in [2.24, 2.45) is 4.99 Å². The van der Waals surface area contributed by atoms with Crippen molar-refractivity contribution in [3.05, 3.63) is 65.7 Å². The zero-order chi connectivity index (χ0) is 17.4. The predicted octanol–water partition coefficient (Wildman–Crippen LogP) is 3.57. The maximum atomic E-state index is 4.70. The third-order valence-electron chi connectivity index (χ3n) is 3.87. The molecule has 0 aliphatic carbocycles. The SMILES string of the molecule is CCNC(=NCc1ccc(N(C)C)cc1)NC(C)c1ccccc1. The second-order valence-corrected chi connectivity index (χ2v) is 6.03. The van der Waals surface area contributed by atoms with Gasteiger partial charge in [-0.15, -0.1) is 0 Å². The molecule has 24 heavy (non-hydrogen) atoms. The summed E-state index contributed by atoms with van der Waals surface area (Å²) in [5.41, 5.74) is 3.65. The molecule has 0 heterocycles. The summed E-state index contributed by atoms with van der Waals surface area (Å²) >= 11 is 0. The Labute approximate surface area is 145 Å². The number of guanidine groups is 1. The second-order valence-electron chi connectivity index (χ2n) is 6.03. The maximum Gasteiger partial charge on any atom is 0.192 e. The molecule has 0 saturated heterocycles. The highest BCUT2D eigenvalue weighted by molar-refractivity contribution is 5.80. The molecule has 0 bridgehead atoms. The molecule has 4 heteroatoms. The number of aliphatic imine (C=N–C) groups is 1. The van der Waals surface area contributed by atoms with Gasteiger partial charge in [-0.2, -0.15) is 0 Å². The van der Waals surface area contributed by atoms with E-state index in [1.54, 1.807) is 0 Å². The molecule has 0 saturated carbocycles. The fourth-order valence-corrected chi connectivity index (χ4v) is 2.42. The van der Waals surface area contributed by atoms with E-state index in [4.69, 9.17) is 4.99 Å². The Hall–Kier alpha value is -2.49. The Morgan fingerprint density at radius 2 is 1.71 bits per heavy atom. The monoisotopic (exact) mass is 324 g/mol. The molecule has 0 radical (unpaired) electrons. The molecule has 2 rings (SSSR count). The summed E-state index contributed by atoms with van der Waals surface area (Å²) < 4.78 is 0. The van der Waals surface area contributed by atoms with Gasteiger partial charge in [0.25, 0.3) is 0 Å². The van der Waals surface area contributed by atoms with E-state index >= 15 is 0 Å². The summed E-state index contributed by atoms with van der Waals surface area (Å²) in [6.45, 7) is 5.72. The Bertz CT molecular complexity index is 632. The lowest BCUT2D eigenvalue weighted by Gasteiger charge is -2.18. The molecular formula is C20H28N4. The summed E-state index contributed by atoms with van der Waals surface area (Å²) in [5.74, 6) is 0.838. The van der Waals surface area contributed by atoms with E-state index in [0.717, 1.165) is 12.5 Å². The Morgan fingerprint density at radius 3 is 2.29 bits per heavy atom. The number of nitrogens with one attached hydrogen (secondary N) is 2. The van der Waals surface area contributed by atoms with Gasteiger partial charge >= 0.3 is 0 Å². The lowest BCUT2D eigenvalue weighted by molar-refractivity contribution is 0.686. The molecular weight excluding hydrogens is 296 g/mol. The van der Waals surface area contributed by atoms with Crippen LogP contribution < -0.4 is 15.5 Å². The maximum absolute atomic E-state index is 4.70. The van der Waals surface area contributed by atoms with Crippen LogP contribution in [0.3, 0.4) is 0 Å². The van der Waals surface area contributed by atoms with Gasteiger partial charge in [-0.05, 0) is 37.1 Å². The molecule has 0 aliphatic rings. The van der Waals surface area contributed by atoms with Crippen LogP contribution in [0.2, 0.25) is 0 Å². The van der Waals surface area contributed by atoms with Gasteiger partial charge in [0, 0.05) is 26.3 Å². The molecule has 0 aliphatic heterocycles. The topological polar surface area (TPSA) is 39.7 Å². The highest BCUT2D eigenvalue weighted by Crippen LogP contribution is 2.13. The Balaban J connectivity index is 2.02. The number of hydrogen-bond donors (Lipinski definition) is 2. The minimum absolute atomic E-state index is 0.208. The third-order valence-corrected chi connectivity index (χ3v) is 3.87. The minimum atomic E-state index is 0.208. The molecule has 2 N–H and O–H groups in total. The smallest absolute Gasteiger partial charge is 0.192 e. The van der Waals surface area contributed by atoms with Gasteiger partial charge in [0.15, 0.2) is 5.96 Å². The summed E-state index contributed by atoms with van der Waals surface area (Å²) in [6.07, 6.45) is 0. The number of anilines is 1. The van der Waals surface area contributed by atoms with Crippen molar-refractivity contribution >= 4 is 11.6 Å². The quantitative estimate of drug-likeness (QED) is 0.630. The van der Waals surface area contributed by atoms with Crippen LogP contribution in [0.5, 0.6) is 0 Å². The van der Waals surface area contributed by atoms with Gasteiger partial charge in [-0.25, -0.2) is 4.99 Å². The number of benzene rings is 2. The van der Waals surface area contributed by atoms with E-state index in [2.05, 4.69) is 77.9 Å². The van der Waals surface area contributed by atoms with Crippen LogP contribution in [0.4, 0.5) is 5.69 Å². The van der Waals surface area contributed by atoms with Gasteiger partial charge in [-0.1, -0.05) is 42.5 Å². The summed E-state index contributed by atoms with van der Waals surface area (Å²) in [5, 5.41) is 6.78. The van der Waals surface area contributed by atoms with E-state index in [0.29, 0.717) is 6.54 Å². The molecule has 1 atom stereocenters. The average Bonchev–Trinajstić information content (AvgIpc) is 2.61. The van der Waals surface area contributed by atoms with E-state index in [1.165, 1.54) is 16.8 Å². The van der Waals surface area contributed by atoms with Gasteiger partial charge in [0.2, 0.25) is 0 Å². The van der Waals surface area contributed by atoms with Crippen molar-refractivity contribution in [2.45, 2.75) is 26.4 Å². The highest BCUT2D eigenvalue weighted by Gasteiger charge is 2.07. The van der Waals surface area contributed by atoms with Crippen LogP contribution >= 0.6 is 0 Å². The predicted molar refractivity (Wildman–Crippen MR) is 104 cm³/mol. The number of nitrogens with zero attached hydrogens (tertiary/aromatic N) is 2. The first-order chi connectivity index (χ1) is 11.6. The fraction of sp³-hybridized carbons (Fsp3) is 0.350. The minimum Gasteiger partial charge on any atom is -0.378 e. The van der Waals surface area contributed by atoms with Crippen LogP contribution in [0, 0.1) is 0 Å². The molecule has 0 spiro atoms. The van der Waals surface area contributed by atoms with Crippen molar-refractivity contribution in [1.29, 1.82) is 0 Å². The summed E-state index contributed by atoms with van der Waals surface area (Å²) in [6, 6.07) is 19.1. The second kappa shape index (κ2) is 8.96. The lowest BCUT2D eigenvalue weighted by atomic mass is 10.1. The standard InChI is InChI=1S/C20H28N4/c1-5-21-20(23-16(2)18-9-7-6-8-10-18)22-15-17-11-13-19(14-12-17)24(3)4/h6-14,16H,5,15H2,1-4H3,(H2,21,22,23). The Morgan fingerprint density at radius 1 is 1.04 bits per heavy atom. The first-order valence-corrected chi connectivity index (χ1v) is 8.46. The van der Waals surface area contributed by atoms with Gasteiger partial charge < -0.3 is 15.5 Å². The third kappa shape index (κ3) is 5.30. The average molecular weight is 324 g/mol. The molecule has 128 valence electrons. The van der Waals surface area contributed by atoms with E-state index in [-0.39, 0.29) is 6.04 Å².